The van der Waals surface area contributed by atoms with Gasteiger partial charge in [-0.15, -0.1) is 16.9 Å². The van der Waals surface area contributed by atoms with Crippen molar-refractivity contribution >= 4 is 28.3 Å². The molecule has 2 fully saturated rings. The topological polar surface area (TPSA) is 62.1 Å². The Balaban J connectivity index is 1.36. The summed E-state index contributed by atoms with van der Waals surface area (Å²) in [5, 5.41) is 9.96. The summed E-state index contributed by atoms with van der Waals surface area (Å²) in [5.41, 5.74) is 3.23. The van der Waals surface area contributed by atoms with Gasteiger partial charge in [0, 0.05) is 42.2 Å². The number of H-pyrrole nitrogens is 1. The van der Waals surface area contributed by atoms with Gasteiger partial charge in [0.1, 0.15) is 17.5 Å². The van der Waals surface area contributed by atoms with Crippen LogP contribution in [0.1, 0.15) is 37.3 Å². The largest absolute Gasteiger partial charge is 0.346 e. The molecule has 0 amide bonds. The molecular weight excluding hydrogens is 320 g/mol. The molecule has 7 heteroatoms. The SMILES string of the molecule is c1cc2c(ncn3nnc(C4CCC(CN5CCSC5)CC4)c23)[nH]1. The van der Waals surface area contributed by atoms with Crippen LogP contribution in [0.15, 0.2) is 18.6 Å². The highest BCUT2D eigenvalue weighted by Crippen LogP contribution is 2.38. The summed E-state index contributed by atoms with van der Waals surface area (Å²) >= 11 is 2.07. The standard InChI is InChI=1S/C17H22N6S/c1-3-13(4-2-12(1)9-22-7-8-24-11-22)15-16-14-5-6-18-17(14)19-10-23(16)21-20-15/h5-6,10,12-13,18H,1-4,7-9,11H2. The molecule has 1 saturated carbocycles. The van der Waals surface area contributed by atoms with Crippen molar-refractivity contribution in [1.29, 1.82) is 0 Å². The van der Waals surface area contributed by atoms with Gasteiger partial charge >= 0.3 is 0 Å². The Hall–Kier alpha value is -1.60. The Labute approximate surface area is 145 Å². The van der Waals surface area contributed by atoms with Crippen molar-refractivity contribution in [2.45, 2.75) is 31.6 Å². The first-order valence-corrected chi connectivity index (χ1v) is 10.0. The normalized spacial score (nSPS) is 25.8. The van der Waals surface area contributed by atoms with E-state index in [1.54, 1.807) is 6.33 Å². The molecule has 1 N–H and O–H groups in total. The second-order valence-electron chi connectivity index (χ2n) is 7.08. The number of hydrogen-bond donors (Lipinski definition) is 1. The van der Waals surface area contributed by atoms with Crippen LogP contribution in [0, 0.1) is 5.92 Å². The third-order valence-corrected chi connectivity index (χ3v) is 6.59. The third-order valence-electron chi connectivity index (χ3n) is 5.57. The fraction of sp³-hybridized carbons (Fsp3) is 0.588. The molecule has 0 aromatic carbocycles. The van der Waals surface area contributed by atoms with E-state index in [4.69, 9.17) is 0 Å². The number of thioether (sulfide) groups is 1. The molecule has 3 aromatic heterocycles. The van der Waals surface area contributed by atoms with Crippen LogP contribution in [0.5, 0.6) is 0 Å². The van der Waals surface area contributed by atoms with Crippen LogP contribution in [-0.2, 0) is 0 Å². The molecule has 24 heavy (non-hydrogen) atoms. The second kappa shape index (κ2) is 6.04. The van der Waals surface area contributed by atoms with Crippen LogP contribution >= 0.6 is 11.8 Å². The molecule has 126 valence electrons. The zero-order chi connectivity index (χ0) is 15.9. The molecule has 5 rings (SSSR count). The van der Waals surface area contributed by atoms with Gasteiger partial charge in [-0.2, -0.15) is 0 Å². The summed E-state index contributed by atoms with van der Waals surface area (Å²) in [7, 11) is 0. The van der Waals surface area contributed by atoms with E-state index in [9.17, 15) is 0 Å². The Kier molecular flexibility index (Phi) is 3.70. The Morgan fingerprint density at radius 3 is 3.00 bits per heavy atom. The van der Waals surface area contributed by atoms with Crippen LogP contribution in [0.3, 0.4) is 0 Å². The Morgan fingerprint density at radius 1 is 1.25 bits per heavy atom. The Bertz CT molecular complexity index is 841. The number of nitrogens with one attached hydrogen (secondary N) is 1. The summed E-state index contributed by atoms with van der Waals surface area (Å²) in [6.45, 7) is 2.56. The van der Waals surface area contributed by atoms with E-state index >= 15 is 0 Å². The average molecular weight is 342 g/mol. The van der Waals surface area contributed by atoms with Gasteiger partial charge in [0.2, 0.25) is 0 Å². The average Bonchev–Trinajstić information content (AvgIpc) is 3.35. The molecule has 3 aromatic rings. The second-order valence-corrected chi connectivity index (χ2v) is 8.16. The predicted octanol–water partition coefficient (Wildman–Crippen LogP) is 2.89. The lowest BCUT2D eigenvalue weighted by molar-refractivity contribution is 0.230. The first-order chi connectivity index (χ1) is 11.9. The van der Waals surface area contributed by atoms with E-state index in [0.29, 0.717) is 5.92 Å². The highest BCUT2D eigenvalue weighted by atomic mass is 32.2. The molecule has 1 aliphatic carbocycles. The van der Waals surface area contributed by atoms with Crippen molar-refractivity contribution in [1.82, 2.24) is 29.7 Å². The molecule has 0 radical (unpaired) electrons. The van der Waals surface area contributed by atoms with Crippen molar-refractivity contribution in [2.24, 2.45) is 5.92 Å². The van der Waals surface area contributed by atoms with E-state index in [-0.39, 0.29) is 0 Å². The molecule has 2 aliphatic rings. The highest BCUT2D eigenvalue weighted by molar-refractivity contribution is 7.99. The monoisotopic (exact) mass is 342 g/mol. The molecule has 1 saturated heterocycles. The van der Waals surface area contributed by atoms with Crippen molar-refractivity contribution < 1.29 is 0 Å². The van der Waals surface area contributed by atoms with Crippen molar-refractivity contribution in [2.75, 3.05) is 24.7 Å². The van der Waals surface area contributed by atoms with E-state index in [2.05, 4.69) is 43.0 Å². The number of aromatic nitrogens is 5. The van der Waals surface area contributed by atoms with E-state index in [1.807, 2.05) is 10.7 Å². The lowest BCUT2D eigenvalue weighted by Crippen LogP contribution is -2.29. The fourth-order valence-electron chi connectivity index (χ4n) is 4.27. The Morgan fingerprint density at radius 2 is 2.17 bits per heavy atom. The lowest BCUT2D eigenvalue weighted by Gasteiger charge is -2.30. The van der Waals surface area contributed by atoms with Crippen molar-refractivity contribution in [3.05, 3.63) is 24.3 Å². The molecule has 4 heterocycles. The quantitative estimate of drug-likeness (QED) is 0.793. The maximum Gasteiger partial charge on any atom is 0.141 e. The summed E-state index contributed by atoms with van der Waals surface area (Å²) in [4.78, 5) is 10.2. The van der Waals surface area contributed by atoms with E-state index in [1.165, 1.54) is 50.4 Å². The van der Waals surface area contributed by atoms with Gasteiger partial charge < -0.3 is 4.98 Å². The van der Waals surface area contributed by atoms with Gasteiger partial charge in [-0.3, -0.25) is 4.90 Å². The number of nitrogens with zero attached hydrogens (tertiary/aromatic N) is 5. The number of fused-ring (bicyclic) bond motifs is 3. The molecule has 0 unspecified atom stereocenters. The third kappa shape index (κ3) is 2.50. The van der Waals surface area contributed by atoms with E-state index < -0.39 is 0 Å². The number of rotatable bonds is 3. The van der Waals surface area contributed by atoms with Gasteiger partial charge in [-0.05, 0) is 37.7 Å². The van der Waals surface area contributed by atoms with E-state index in [0.717, 1.165) is 28.2 Å². The molecule has 6 nitrogen and oxygen atoms in total. The van der Waals surface area contributed by atoms with Crippen molar-refractivity contribution in [3.8, 4) is 0 Å². The highest BCUT2D eigenvalue weighted by Gasteiger charge is 2.28. The van der Waals surface area contributed by atoms with Crippen LogP contribution in [0.25, 0.3) is 16.6 Å². The first-order valence-electron chi connectivity index (χ1n) is 8.85. The lowest BCUT2D eigenvalue weighted by atomic mass is 9.80. The summed E-state index contributed by atoms with van der Waals surface area (Å²) in [5.74, 6) is 3.93. The van der Waals surface area contributed by atoms with Gasteiger partial charge in [0.25, 0.3) is 0 Å². The first kappa shape index (κ1) is 14.7. The van der Waals surface area contributed by atoms with Crippen LogP contribution < -0.4 is 0 Å². The van der Waals surface area contributed by atoms with Crippen LogP contribution in [-0.4, -0.2) is 54.4 Å². The zero-order valence-corrected chi connectivity index (χ0v) is 14.5. The predicted molar refractivity (Wildman–Crippen MR) is 96.2 cm³/mol. The zero-order valence-electron chi connectivity index (χ0n) is 13.7. The number of hydrogen-bond acceptors (Lipinski definition) is 5. The minimum absolute atomic E-state index is 0.534. The van der Waals surface area contributed by atoms with Gasteiger partial charge in [0.05, 0.1) is 5.69 Å². The maximum absolute atomic E-state index is 4.52. The van der Waals surface area contributed by atoms with Crippen LogP contribution in [0.4, 0.5) is 0 Å². The maximum atomic E-state index is 4.52. The van der Waals surface area contributed by atoms with Gasteiger partial charge in [-0.1, -0.05) is 5.21 Å². The molecule has 0 spiro atoms. The molecule has 0 bridgehead atoms. The number of aromatic amines is 1. The van der Waals surface area contributed by atoms with Gasteiger partial charge in [-0.25, -0.2) is 9.50 Å². The van der Waals surface area contributed by atoms with Crippen molar-refractivity contribution in [3.63, 3.8) is 0 Å². The summed E-state index contributed by atoms with van der Waals surface area (Å²) < 4.78 is 1.83. The fourth-order valence-corrected chi connectivity index (χ4v) is 5.28. The minimum Gasteiger partial charge on any atom is -0.346 e. The molecular formula is C17H22N6S. The molecule has 0 atom stereocenters. The minimum atomic E-state index is 0.534. The molecule has 1 aliphatic heterocycles. The summed E-state index contributed by atoms with van der Waals surface area (Å²) in [6, 6.07) is 2.08. The van der Waals surface area contributed by atoms with Gasteiger partial charge in [0.15, 0.2) is 0 Å². The van der Waals surface area contributed by atoms with Crippen LogP contribution in [0.2, 0.25) is 0 Å². The summed E-state index contributed by atoms with van der Waals surface area (Å²) in [6.07, 6.45) is 8.79. The smallest absolute Gasteiger partial charge is 0.141 e.